The van der Waals surface area contributed by atoms with Gasteiger partial charge in [-0.1, -0.05) is 18.2 Å². The lowest BCUT2D eigenvalue weighted by Gasteiger charge is -2.14. The van der Waals surface area contributed by atoms with Gasteiger partial charge in [-0.3, -0.25) is 0 Å². The van der Waals surface area contributed by atoms with Crippen LogP contribution in [-0.2, 0) is 0 Å². The average Bonchev–Trinajstić information content (AvgIpc) is 2.67. The molecule has 7 nitrogen and oxygen atoms in total. The van der Waals surface area contributed by atoms with E-state index in [4.69, 9.17) is 0 Å². The number of hydrogen-bond acceptors (Lipinski definition) is 6. The molecule has 0 atom stereocenters. The molecular formula is C19H16N4O3. The molecule has 0 bridgehead atoms. The van der Waals surface area contributed by atoms with Crippen LogP contribution in [0.1, 0.15) is 18.4 Å². The number of anilines is 2. The molecule has 1 aliphatic carbocycles. The monoisotopic (exact) mass is 348 g/mol. The van der Waals surface area contributed by atoms with Gasteiger partial charge in [0.1, 0.15) is 5.82 Å². The number of aliphatic hydroxyl groups excluding tert-OH is 1. The van der Waals surface area contributed by atoms with Gasteiger partial charge < -0.3 is 15.6 Å². The Morgan fingerprint density at radius 2 is 2.00 bits per heavy atom. The Morgan fingerprint density at radius 1 is 1.12 bits per heavy atom. The number of pyridine rings is 1. The third-order valence-electron chi connectivity index (χ3n) is 4.25. The summed E-state index contributed by atoms with van der Waals surface area (Å²) in [7, 11) is 0. The van der Waals surface area contributed by atoms with Crippen LogP contribution in [0.5, 0.6) is 0 Å². The molecule has 26 heavy (non-hydrogen) atoms. The van der Waals surface area contributed by atoms with Crippen LogP contribution in [0.3, 0.4) is 0 Å². The van der Waals surface area contributed by atoms with Gasteiger partial charge in [0.05, 0.1) is 11.1 Å². The fraction of sp³-hybridized carbons (Fsp3) is 0.105. The summed E-state index contributed by atoms with van der Waals surface area (Å²) < 4.78 is 0.433. The van der Waals surface area contributed by atoms with Gasteiger partial charge in [-0.25, -0.2) is 9.78 Å². The van der Waals surface area contributed by atoms with Crippen molar-refractivity contribution in [1.82, 2.24) is 14.7 Å². The normalized spacial score (nSPS) is 14.0. The van der Waals surface area contributed by atoms with E-state index in [0.29, 0.717) is 28.1 Å². The highest BCUT2D eigenvalue weighted by atomic mass is 16.5. The Morgan fingerprint density at radius 3 is 2.81 bits per heavy atom. The minimum atomic E-state index is -0.801. The third-order valence-corrected chi connectivity index (χ3v) is 4.25. The van der Waals surface area contributed by atoms with E-state index in [1.54, 1.807) is 18.2 Å². The summed E-state index contributed by atoms with van der Waals surface area (Å²) in [4.78, 5) is 19.8. The van der Waals surface area contributed by atoms with Crippen molar-refractivity contribution < 1.29 is 10.3 Å². The van der Waals surface area contributed by atoms with Crippen LogP contribution in [0.25, 0.3) is 16.6 Å². The zero-order valence-electron chi connectivity index (χ0n) is 13.8. The van der Waals surface area contributed by atoms with E-state index in [-0.39, 0.29) is 5.65 Å². The van der Waals surface area contributed by atoms with E-state index in [1.165, 1.54) is 6.20 Å². The fourth-order valence-corrected chi connectivity index (χ4v) is 2.94. The predicted molar refractivity (Wildman–Crippen MR) is 98.6 cm³/mol. The smallest absolute Gasteiger partial charge is 0.384 e. The van der Waals surface area contributed by atoms with Gasteiger partial charge in [0.2, 0.25) is 0 Å². The Balaban J connectivity index is 1.73. The van der Waals surface area contributed by atoms with Crippen LogP contribution >= 0.6 is 0 Å². The molecule has 1 aromatic carbocycles. The SMILES string of the molecule is O=c1nc(Nc2cccc(C3=CC=C(O)CC3)c2)c2cccnc2n1O. The van der Waals surface area contributed by atoms with Gasteiger partial charge in [0, 0.05) is 18.3 Å². The standard InChI is InChI=1S/C19H16N4O3/c24-15-8-6-12(7-9-15)13-3-1-4-14(11-13)21-17-16-5-2-10-20-18(16)23(26)19(25)22-17/h1-6,8,10-11,24,26H,7,9H2,(H,21,22,25). The van der Waals surface area contributed by atoms with Gasteiger partial charge in [0.25, 0.3) is 0 Å². The molecule has 2 aromatic heterocycles. The molecule has 0 radical (unpaired) electrons. The van der Waals surface area contributed by atoms with Crippen molar-refractivity contribution >= 4 is 28.1 Å². The summed E-state index contributed by atoms with van der Waals surface area (Å²) >= 11 is 0. The molecule has 0 saturated carbocycles. The number of fused-ring (bicyclic) bond motifs is 1. The van der Waals surface area contributed by atoms with Gasteiger partial charge in [-0.2, -0.15) is 4.98 Å². The summed E-state index contributed by atoms with van der Waals surface area (Å²) in [5.41, 5.74) is 2.25. The highest BCUT2D eigenvalue weighted by molar-refractivity contribution is 5.88. The lowest BCUT2D eigenvalue weighted by Crippen LogP contribution is -2.23. The lowest BCUT2D eigenvalue weighted by atomic mass is 9.96. The van der Waals surface area contributed by atoms with Crippen molar-refractivity contribution in [1.29, 1.82) is 0 Å². The van der Waals surface area contributed by atoms with E-state index in [0.717, 1.165) is 23.2 Å². The van der Waals surface area contributed by atoms with E-state index >= 15 is 0 Å². The second kappa shape index (κ2) is 6.36. The first kappa shape index (κ1) is 15.9. The largest absolute Gasteiger partial charge is 0.512 e. The highest BCUT2D eigenvalue weighted by Crippen LogP contribution is 2.29. The van der Waals surface area contributed by atoms with Crippen LogP contribution in [0.15, 0.2) is 65.3 Å². The number of nitrogens with zero attached hydrogens (tertiary/aromatic N) is 3. The zero-order chi connectivity index (χ0) is 18.1. The molecule has 1 aliphatic rings. The van der Waals surface area contributed by atoms with E-state index < -0.39 is 5.69 Å². The molecule has 0 amide bonds. The zero-order valence-corrected chi connectivity index (χ0v) is 13.8. The summed E-state index contributed by atoms with van der Waals surface area (Å²) in [6.45, 7) is 0. The first-order chi connectivity index (χ1) is 12.6. The van der Waals surface area contributed by atoms with Crippen LogP contribution in [-0.4, -0.2) is 25.0 Å². The Labute approximate surface area is 148 Å². The number of aliphatic hydroxyl groups is 1. The maximum atomic E-state index is 11.9. The van der Waals surface area contributed by atoms with Gasteiger partial charge in [-0.15, -0.1) is 4.73 Å². The second-order valence-electron chi connectivity index (χ2n) is 5.99. The van der Waals surface area contributed by atoms with Crippen LogP contribution in [0, 0.1) is 0 Å². The van der Waals surface area contributed by atoms with Crippen molar-refractivity contribution in [3.63, 3.8) is 0 Å². The van der Waals surface area contributed by atoms with Crippen LogP contribution in [0.4, 0.5) is 11.5 Å². The number of benzene rings is 1. The molecular weight excluding hydrogens is 332 g/mol. The summed E-state index contributed by atoms with van der Waals surface area (Å²) in [6, 6.07) is 11.2. The summed E-state index contributed by atoms with van der Waals surface area (Å²) in [6.07, 6.45) is 6.49. The number of aromatic nitrogens is 3. The quantitative estimate of drug-likeness (QED) is 0.627. The first-order valence-electron chi connectivity index (χ1n) is 8.15. The van der Waals surface area contributed by atoms with Gasteiger partial charge in [-0.05, 0) is 47.9 Å². The van der Waals surface area contributed by atoms with Crippen molar-refractivity contribution in [2.24, 2.45) is 0 Å². The topological polar surface area (TPSA) is 100 Å². The van der Waals surface area contributed by atoms with Crippen LogP contribution < -0.4 is 11.0 Å². The molecule has 3 aromatic rings. The second-order valence-corrected chi connectivity index (χ2v) is 5.99. The van der Waals surface area contributed by atoms with Crippen molar-refractivity contribution in [3.05, 3.63) is 76.6 Å². The maximum Gasteiger partial charge on any atom is 0.384 e. The maximum absolute atomic E-state index is 11.9. The highest BCUT2D eigenvalue weighted by Gasteiger charge is 2.12. The van der Waals surface area contributed by atoms with Crippen molar-refractivity contribution in [2.45, 2.75) is 12.8 Å². The molecule has 0 saturated heterocycles. The molecule has 0 unspecified atom stereocenters. The number of hydrogen-bond donors (Lipinski definition) is 3. The third kappa shape index (κ3) is 2.90. The van der Waals surface area contributed by atoms with Gasteiger partial charge in [0.15, 0.2) is 5.65 Å². The Hall–Kier alpha value is -3.61. The van der Waals surface area contributed by atoms with Gasteiger partial charge >= 0.3 is 5.69 Å². The molecule has 130 valence electrons. The van der Waals surface area contributed by atoms with Crippen LogP contribution in [0.2, 0.25) is 0 Å². The van der Waals surface area contributed by atoms with E-state index in [1.807, 2.05) is 30.3 Å². The first-order valence-corrected chi connectivity index (χ1v) is 8.15. The molecule has 0 aliphatic heterocycles. The molecule has 0 fully saturated rings. The van der Waals surface area contributed by atoms with E-state index in [9.17, 15) is 15.1 Å². The Bertz CT molecular complexity index is 1120. The molecule has 4 rings (SSSR count). The molecule has 0 spiro atoms. The number of allylic oxidation sites excluding steroid dienone is 4. The lowest BCUT2D eigenvalue weighted by molar-refractivity contribution is 0.182. The molecule has 3 N–H and O–H groups in total. The fourth-order valence-electron chi connectivity index (χ4n) is 2.94. The van der Waals surface area contributed by atoms with Crippen molar-refractivity contribution in [3.8, 4) is 0 Å². The summed E-state index contributed by atoms with van der Waals surface area (Å²) in [5, 5.41) is 23.0. The van der Waals surface area contributed by atoms with Crippen molar-refractivity contribution in [2.75, 3.05) is 5.32 Å². The minimum Gasteiger partial charge on any atom is -0.512 e. The number of rotatable bonds is 3. The Kier molecular flexibility index (Phi) is 3.89. The van der Waals surface area contributed by atoms with E-state index in [2.05, 4.69) is 15.3 Å². The predicted octanol–water partition coefficient (Wildman–Crippen LogP) is 3.39. The minimum absolute atomic E-state index is 0.141. The number of nitrogens with one attached hydrogen (secondary N) is 1. The summed E-state index contributed by atoms with van der Waals surface area (Å²) in [5.74, 6) is 0.714. The average molecular weight is 348 g/mol. The molecule has 7 heteroatoms. The molecule has 2 heterocycles.